The molecule has 4 heteroatoms. The minimum atomic E-state index is -0.319. The average molecular weight is 256 g/mol. The number of hydrogen-bond donors (Lipinski definition) is 2. The first-order valence-corrected chi connectivity index (χ1v) is 5.89. The van der Waals surface area contributed by atoms with Crippen molar-refractivity contribution in [3.63, 3.8) is 0 Å². The van der Waals surface area contributed by atoms with Gasteiger partial charge in [-0.25, -0.2) is 0 Å². The molecule has 0 bridgehead atoms. The summed E-state index contributed by atoms with van der Waals surface area (Å²) in [6, 6.07) is 18.6. The summed E-state index contributed by atoms with van der Waals surface area (Å²) in [4.78, 5) is 11.9. The standard InChI is InChI=1S/C14H12N2OS/c17-13(15-11-7-3-1-4-8-11)14(18)16-12-9-5-2-6-10-12/h1-10H,(H,15,17)(H,16,18). The van der Waals surface area contributed by atoms with Crippen LogP contribution in [-0.4, -0.2) is 10.9 Å². The van der Waals surface area contributed by atoms with Crippen LogP contribution in [0, 0.1) is 0 Å². The Kier molecular flexibility index (Phi) is 4.04. The predicted molar refractivity (Wildman–Crippen MR) is 77.7 cm³/mol. The lowest BCUT2D eigenvalue weighted by Crippen LogP contribution is -2.27. The third kappa shape index (κ3) is 3.40. The highest BCUT2D eigenvalue weighted by atomic mass is 32.1. The van der Waals surface area contributed by atoms with E-state index in [4.69, 9.17) is 12.2 Å². The number of thiocarbonyl (C=S) groups is 1. The largest absolute Gasteiger partial charge is 0.342 e. The molecule has 90 valence electrons. The molecule has 2 aromatic rings. The first kappa shape index (κ1) is 12.3. The molecule has 2 rings (SSSR count). The van der Waals surface area contributed by atoms with Gasteiger partial charge in [0.15, 0.2) is 4.99 Å². The Morgan fingerprint density at radius 3 is 1.72 bits per heavy atom. The lowest BCUT2D eigenvalue weighted by Gasteiger charge is -2.08. The van der Waals surface area contributed by atoms with Crippen LogP contribution < -0.4 is 10.6 Å². The summed E-state index contributed by atoms with van der Waals surface area (Å²) in [5.74, 6) is -0.319. The summed E-state index contributed by atoms with van der Waals surface area (Å²) in [5.41, 5.74) is 1.52. The number of carbonyl (C=O) groups is 1. The first-order valence-electron chi connectivity index (χ1n) is 5.48. The van der Waals surface area contributed by atoms with Crippen molar-refractivity contribution < 1.29 is 4.79 Å². The second-order valence-corrected chi connectivity index (χ2v) is 4.05. The van der Waals surface area contributed by atoms with E-state index in [1.54, 1.807) is 0 Å². The lowest BCUT2D eigenvalue weighted by molar-refractivity contribution is -0.110. The third-order valence-electron chi connectivity index (χ3n) is 2.27. The Labute approximate surface area is 111 Å². The van der Waals surface area contributed by atoms with Crippen LogP contribution >= 0.6 is 12.2 Å². The van der Waals surface area contributed by atoms with Gasteiger partial charge in [0.1, 0.15) is 0 Å². The quantitative estimate of drug-likeness (QED) is 0.811. The van der Waals surface area contributed by atoms with Crippen LogP contribution in [0.15, 0.2) is 60.7 Å². The fraction of sp³-hybridized carbons (Fsp3) is 0. The number of para-hydroxylation sites is 2. The van der Waals surface area contributed by atoms with Crippen molar-refractivity contribution in [3.8, 4) is 0 Å². The van der Waals surface area contributed by atoms with Crippen LogP contribution in [0.4, 0.5) is 11.4 Å². The summed E-state index contributed by atoms with van der Waals surface area (Å²) < 4.78 is 0. The van der Waals surface area contributed by atoms with E-state index in [9.17, 15) is 4.79 Å². The molecule has 2 N–H and O–H groups in total. The number of anilines is 2. The predicted octanol–water partition coefficient (Wildman–Crippen LogP) is 3.06. The van der Waals surface area contributed by atoms with Crippen LogP contribution in [0.1, 0.15) is 0 Å². The van der Waals surface area contributed by atoms with Crippen LogP contribution in [0.3, 0.4) is 0 Å². The van der Waals surface area contributed by atoms with Crippen molar-refractivity contribution in [3.05, 3.63) is 60.7 Å². The monoisotopic (exact) mass is 256 g/mol. The van der Waals surface area contributed by atoms with Crippen molar-refractivity contribution in [2.45, 2.75) is 0 Å². The Bertz CT molecular complexity index is 489. The second kappa shape index (κ2) is 5.93. The molecule has 0 heterocycles. The first-order chi connectivity index (χ1) is 8.75. The molecule has 18 heavy (non-hydrogen) atoms. The summed E-state index contributed by atoms with van der Waals surface area (Å²) in [6.45, 7) is 0. The molecule has 0 aliphatic heterocycles. The number of benzene rings is 2. The molecule has 0 aliphatic carbocycles. The van der Waals surface area contributed by atoms with Crippen LogP contribution in [0.2, 0.25) is 0 Å². The van der Waals surface area contributed by atoms with E-state index in [0.29, 0.717) is 0 Å². The van der Waals surface area contributed by atoms with Gasteiger partial charge in [0.25, 0.3) is 5.91 Å². The van der Waals surface area contributed by atoms with E-state index in [0.717, 1.165) is 11.4 Å². The van der Waals surface area contributed by atoms with E-state index in [-0.39, 0.29) is 10.9 Å². The molecule has 0 saturated heterocycles. The minimum absolute atomic E-state index is 0.144. The van der Waals surface area contributed by atoms with Gasteiger partial charge < -0.3 is 10.6 Å². The van der Waals surface area contributed by atoms with Crippen molar-refractivity contribution in [1.29, 1.82) is 0 Å². The Hall–Kier alpha value is -2.20. The fourth-order valence-corrected chi connectivity index (χ4v) is 1.59. The van der Waals surface area contributed by atoms with E-state index in [2.05, 4.69) is 10.6 Å². The van der Waals surface area contributed by atoms with Crippen LogP contribution in [0.25, 0.3) is 0 Å². The third-order valence-corrected chi connectivity index (χ3v) is 2.56. The molecule has 0 spiro atoms. The summed E-state index contributed by atoms with van der Waals surface area (Å²) >= 11 is 5.03. The van der Waals surface area contributed by atoms with Crippen LogP contribution in [-0.2, 0) is 4.79 Å². The summed E-state index contributed by atoms with van der Waals surface area (Å²) in [6.07, 6.45) is 0. The van der Waals surface area contributed by atoms with E-state index < -0.39 is 0 Å². The van der Waals surface area contributed by atoms with E-state index >= 15 is 0 Å². The van der Waals surface area contributed by atoms with Crippen LogP contribution in [0.5, 0.6) is 0 Å². The van der Waals surface area contributed by atoms with Crippen molar-refractivity contribution in [1.82, 2.24) is 0 Å². The molecule has 0 radical (unpaired) electrons. The van der Waals surface area contributed by atoms with Gasteiger partial charge in [-0.3, -0.25) is 4.79 Å². The molecule has 0 saturated carbocycles. The van der Waals surface area contributed by atoms with Gasteiger partial charge in [-0.1, -0.05) is 48.6 Å². The van der Waals surface area contributed by atoms with Gasteiger partial charge >= 0.3 is 0 Å². The highest BCUT2D eigenvalue weighted by Crippen LogP contribution is 2.08. The Morgan fingerprint density at radius 2 is 1.22 bits per heavy atom. The van der Waals surface area contributed by atoms with Gasteiger partial charge in [0.2, 0.25) is 0 Å². The molecule has 3 nitrogen and oxygen atoms in total. The molecule has 1 amide bonds. The number of rotatable bonds is 2. The number of carbonyl (C=O) groups excluding carboxylic acids is 1. The maximum absolute atomic E-state index is 11.8. The lowest BCUT2D eigenvalue weighted by atomic mass is 10.3. The van der Waals surface area contributed by atoms with E-state index in [1.165, 1.54) is 0 Å². The van der Waals surface area contributed by atoms with Crippen molar-refractivity contribution in [2.24, 2.45) is 0 Å². The van der Waals surface area contributed by atoms with Crippen molar-refractivity contribution >= 4 is 34.5 Å². The maximum atomic E-state index is 11.8. The number of hydrogen-bond acceptors (Lipinski definition) is 2. The van der Waals surface area contributed by atoms with Gasteiger partial charge in [0, 0.05) is 11.4 Å². The van der Waals surface area contributed by atoms with Gasteiger partial charge in [-0.05, 0) is 24.3 Å². The van der Waals surface area contributed by atoms with E-state index in [1.807, 2.05) is 60.7 Å². The molecule has 0 aromatic heterocycles. The molecular weight excluding hydrogens is 244 g/mol. The smallest absolute Gasteiger partial charge is 0.283 e. The SMILES string of the molecule is O=C(Nc1ccccc1)C(=S)Nc1ccccc1. The van der Waals surface area contributed by atoms with Gasteiger partial charge in [-0.2, -0.15) is 0 Å². The molecule has 0 unspecified atom stereocenters. The molecule has 0 atom stereocenters. The normalized spacial score (nSPS) is 9.56. The zero-order chi connectivity index (χ0) is 12.8. The minimum Gasteiger partial charge on any atom is -0.342 e. The van der Waals surface area contributed by atoms with Crippen molar-refractivity contribution in [2.75, 3.05) is 10.6 Å². The second-order valence-electron chi connectivity index (χ2n) is 3.64. The zero-order valence-electron chi connectivity index (χ0n) is 9.59. The fourth-order valence-electron chi connectivity index (χ4n) is 1.42. The van der Waals surface area contributed by atoms with Gasteiger partial charge in [0.05, 0.1) is 0 Å². The zero-order valence-corrected chi connectivity index (χ0v) is 10.4. The highest BCUT2D eigenvalue weighted by molar-refractivity contribution is 7.82. The number of amides is 1. The average Bonchev–Trinajstić information content (AvgIpc) is 2.41. The summed E-state index contributed by atoms with van der Waals surface area (Å²) in [7, 11) is 0. The molecule has 0 fully saturated rings. The Balaban J connectivity index is 1.96. The topological polar surface area (TPSA) is 41.1 Å². The summed E-state index contributed by atoms with van der Waals surface area (Å²) in [5, 5.41) is 5.60. The molecule has 0 aliphatic rings. The number of nitrogens with one attached hydrogen (secondary N) is 2. The highest BCUT2D eigenvalue weighted by Gasteiger charge is 2.08. The molecular formula is C14H12N2OS. The molecule has 2 aromatic carbocycles. The maximum Gasteiger partial charge on any atom is 0.283 e. The van der Waals surface area contributed by atoms with Gasteiger partial charge in [-0.15, -0.1) is 0 Å². The Morgan fingerprint density at radius 1 is 0.778 bits per heavy atom.